The average Bonchev–Trinajstić information content (AvgIpc) is 3.71. The maximum absolute atomic E-state index is 6.91. The smallest absolute Gasteiger partial charge is 0.132 e. The molecule has 7 aromatic carbocycles. The van der Waals surface area contributed by atoms with Crippen LogP contribution in [0.3, 0.4) is 0 Å². The lowest BCUT2D eigenvalue weighted by molar-refractivity contribution is 0.437. The zero-order chi connectivity index (χ0) is 33.5. The van der Waals surface area contributed by atoms with Crippen molar-refractivity contribution in [1.82, 2.24) is 4.98 Å². The number of hydrogen-bond donors (Lipinski definition) is 0. The topological polar surface area (TPSA) is 22.1 Å². The summed E-state index contributed by atoms with van der Waals surface area (Å²) in [5.74, 6) is 1.80. The van der Waals surface area contributed by atoms with Crippen molar-refractivity contribution in [3.8, 4) is 56.3 Å². The molecule has 2 aliphatic rings. The number of pyridine rings is 1. The highest BCUT2D eigenvalue weighted by molar-refractivity contribution is 7.26. The van der Waals surface area contributed by atoms with Gasteiger partial charge in [-0.05, 0) is 69.8 Å². The molecule has 0 amide bonds. The van der Waals surface area contributed by atoms with Crippen LogP contribution in [0.25, 0.3) is 64.9 Å². The zero-order valence-corrected chi connectivity index (χ0v) is 28.3. The van der Waals surface area contributed by atoms with Gasteiger partial charge < -0.3 is 4.74 Å². The lowest BCUT2D eigenvalue weighted by Crippen LogP contribution is -2.32. The fourth-order valence-corrected chi connectivity index (χ4v) is 9.76. The Labute approximate surface area is 299 Å². The fourth-order valence-electron chi connectivity index (χ4n) is 8.61. The molecule has 11 rings (SSSR count). The molecule has 0 saturated heterocycles. The summed E-state index contributed by atoms with van der Waals surface area (Å²) in [5.41, 5.74) is 13.5. The van der Waals surface area contributed by atoms with Crippen molar-refractivity contribution in [2.24, 2.45) is 0 Å². The standard InChI is InChI=1S/C48H29NOS/c1-3-14-30(15-4-1)32-26-41(31-16-5-2-6-17-31)49-42(27-32)35-20-13-25-45-47(35)36-28-44-40(29-46(36)51-45)48(39-23-11-12-24-43(39)50-44)37-21-9-7-18-33(37)34-19-8-10-22-38(34)48/h1-29H. The minimum atomic E-state index is -0.485. The third-order valence-corrected chi connectivity index (χ3v) is 11.9. The molecule has 51 heavy (non-hydrogen) atoms. The molecule has 0 bridgehead atoms. The van der Waals surface area contributed by atoms with Crippen molar-refractivity contribution >= 4 is 31.5 Å². The van der Waals surface area contributed by atoms with Gasteiger partial charge in [-0.1, -0.05) is 140 Å². The van der Waals surface area contributed by atoms with E-state index < -0.39 is 5.41 Å². The van der Waals surface area contributed by atoms with Crippen molar-refractivity contribution in [2.45, 2.75) is 5.41 Å². The monoisotopic (exact) mass is 667 g/mol. The van der Waals surface area contributed by atoms with Gasteiger partial charge in [0.05, 0.1) is 16.8 Å². The summed E-state index contributed by atoms with van der Waals surface area (Å²) in [4.78, 5) is 5.33. The quantitative estimate of drug-likeness (QED) is 0.187. The molecular formula is C48H29NOS. The van der Waals surface area contributed by atoms with E-state index in [4.69, 9.17) is 9.72 Å². The first-order chi connectivity index (χ1) is 25.3. The number of ether oxygens (including phenoxy) is 1. The molecule has 0 unspecified atom stereocenters. The van der Waals surface area contributed by atoms with Crippen LogP contribution in [0.15, 0.2) is 176 Å². The summed E-state index contributed by atoms with van der Waals surface area (Å²) in [6.07, 6.45) is 0. The van der Waals surface area contributed by atoms with E-state index in [9.17, 15) is 0 Å². The molecule has 0 N–H and O–H groups in total. The van der Waals surface area contributed by atoms with Gasteiger partial charge in [0.15, 0.2) is 0 Å². The predicted molar refractivity (Wildman–Crippen MR) is 211 cm³/mol. The number of hydrogen-bond acceptors (Lipinski definition) is 3. The van der Waals surface area contributed by atoms with Crippen LogP contribution in [0.4, 0.5) is 0 Å². The van der Waals surface area contributed by atoms with Crippen molar-refractivity contribution in [3.63, 3.8) is 0 Å². The average molecular weight is 668 g/mol. The van der Waals surface area contributed by atoms with Gasteiger partial charge >= 0.3 is 0 Å². The van der Waals surface area contributed by atoms with E-state index in [-0.39, 0.29) is 0 Å². The summed E-state index contributed by atoms with van der Waals surface area (Å²) < 4.78 is 9.38. The van der Waals surface area contributed by atoms with Crippen molar-refractivity contribution in [2.75, 3.05) is 0 Å². The van der Waals surface area contributed by atoms with Crippen LogP contribution in [0.5, 0.6) is 11.5 Å². The second kappa shape index (κ2) is 10.9. The summed E-state index contributed by atoms with van der Waals surface area (Å²) in [6, 6.07) is 63.3. The number of aromatic nitrogens is 1. The van der Waals surface area contributed by atoms with Crippen LogP contribution in [-0.2, 0) is 5.41 Å². The highest BCUT2D eigenvalue weighted by Gasteiger charge is 2.51. The van der Waals surface area contributed by atoms with E-state index >= 15 is 0 Å². The number of nitrogens with zero attached hydrogens (tertiary/aromatic N) is 1. The van der Waals surface area contributed by atoms with Crippen LogP contribution >= 0.6 is 11.3 Å². The molecule has 1 aliphatic heterocycles. The molecular weight excluding hydrogens is 639 g/mol. The lowest BCUT2D eigenvalue weighted by Gasteiger charge is -2.39. The van der Waals surface area contributed by atoms with Gasteiger partial charge in [-0.25, -0.2) is 4.98 Å². The highest BCUT2D eigenvalue weighted by Crippen LogP contribution is 2.63. The van der Waals surface area contributed by atoms with E-state index in [0.717, 1.165) is 39.6 Å². The molecule has 238 valence electrons. The Morgan fingerprint density at radius 2 is 1.02 bits per heavy atom. The Morgan fingerprint density at radius 3 is 1.76 bits per heavy atom. The first kappa shape index (κ1) is 28.5. The maximum atomic E-state index is 6.91. The summed E-state index contributed by atoms with van der Waals surface area (Å²) in [6.45, 7) is 0. The molecule has 0 radical (unpaired) electrons. The van der Waals surface area contributed by atoms with E-state index in [1.807, 2.05) is 11.3 Å². The third kappa shape index (κ3) is 4.07. The first-order valence-corrected chi connectivity index (χ1v) is 18.2. The van der Waals surface area contributed by atoms with E-state index in [0.29, 0.717) is 0 Å². The van der Waals surface area contributed by atoms with Gasteiger partial charge in [0, 0.05) is 42.4 Å². The van der Waals surface area contributed by atoms with Gasteiger partial charge in [0.25, 0.3) is 0 Å². The largest absolute Gasteiger partial charge is 0.457 e. The summed E-state index contributed by atoms with van der Waals surface area (Å²) in [7, 11) is 0. The molecule has 0 saturated carbocycles. The third-order valence-electron chi connectivity index (χ3n) is 10.7. The second-order valence-corrected chi connectivity index (χ2v) is 14.5. The molecule has 0 atom stereocenters. The van der Waals surface area contributed by atoms with Crippen LogP contribution in [0.2, 0.25) is 0 Å². The van der Waals surface area contributed by atoms with Crippen LogP contribution in [0, 0.1) is 0 Å². The SMILES string of the molecule is c1ccc(-c2cc(-c3ccccc3)nc(-c3cccc4sc5cc6c(cc5c34)Oc3ccccc3C63c4ccccc4-c4ccccc43)c2)cc1. The van der Waals surface area contributed by atoms with Crippen LogP contribution in [-0.4, -0.2) is 4.98 Å². The minimum Gasteiger partial charge on any atom is -0.457 e. The van der Waals surface area contributed by atoms with E-state index in [1.165, 1.54) is 59.1 Å². The summed E-state index contributed by atoms with van der Waals surface area (Å²) in [5, 5.41) is 2.40. The van der Waals surface area contributed by atoms with Gasteiger partial charge in [-0.2, -0.15) is 0 Å². The molecule has 0 fully saturated rings. The predicted octanol–water partition coefficient (Wildman–Crippen LogP) is 12.9. The van der Waals surface area contributed by atoms with Gasteiger partial charge in [-0.15, -0.1) is 11.3 Å². The Morgan fingerprint density at radius 1 is 0.412 bits per heavy atom. The first-order valence-electron chi connectivity index (χ1n) is 17.4. The van der Waals surface area contributed by atoms with Crippen molar-refractivity contribution in [3.05, 3.63) is 198 Å². The molecule has 3 heterocycles. The van der Waals surface area contributed by atoms with Crippen molar-refractivity contribution < 1.29 is 4.74 Å². The number of para-hydroxylation sites is 1. The number of rotatable bonds is 3. The van der Waals surface area contributed by atoms with Crippen molar-refractivity contribution in [1.29, 1.82) is 0 Å². The van der Waals surface area contributed by atoms with Crippen LogP contribution < -0.4 is 4.74 Å². The molecule has 2 nitrogen and oxygen atoms in total. The summed E-state index contributed by atoms with van der Waals surface area (Å²) >= 11 is 1.85. The number of benzene rings is 7. The molecule has 9 aromatic rings. The van der Waals surface area contributed by atoms with Crippen LogP contribution in [0.1, 0.15) is 22.3 Å². The molecule has 1 spiro atoms. The molecule has 2 aromatic heterocycles. The Kier molecular flexibility index (Phi) is 6.07. The fraction of sp³-hybridized carbons (Fsp3) is 0.0208. The normalized spacial score (nSPS) is 13.4. The zero-order valence-electron chi connectivity index (χ0n) is 27.5. The van der Waals surface area contributed by atoms with Gasteiger partial charge in [-0.3, -0.25) is 0 Å². The van der Waals surface area contributed by atoms with E-state index in [2.05, 4.69) is 176 Å². The highest BCUT2D eigenvalue weighted by atomic mass is 32.1. The second-order valence-electron chi connectivity index (χ2n) is 13.4. The van der Waals surface area contributed by atoms with Gasteiger partial charge in [0.1, 0.15) is 11.5 Å². The molecule has 3 heteroatoms. The van der Waals surface area contributed by atoms with E-state index in [1.54, 1.807) is 0 Å². The Balaban J connectivity index is 1.19. The maximum Gasteiger partial charge on any atom is 0.132 e. The Bertz CT molecular complexity index is 2730. The Hall–Kier alpha value is -6.29. The minimum absolute atomic E-state index is 0.485. The van der Waals surface area contributed by atoms with Gasteiger partial charge in [0.2, 0.25) is 0 Å². The lowest BCUT2D eigenvalue weighted by atomic mass is 9.66. The number of thiophene rings is 1. The number of fused-ring (bicyclic) bond motifs is 12. The molecule has 1 aliphatic carbocycles.